The standard InChI is InChI=1S/C14H19F3O2/c1-4-10(2)19-12-8-6-5-7-11(12)13(3,18)9-14(15,16)17/h5-8,10,18H,4,9H2,1-3H3. The highest BCUT2D eigenvalue weighted by atomic mass is 19.4. The Morgan fingerprint density at radius 1 is 1.26 bits per heavy atom. The molecule has 0 aliphatic rings. The van der Waals surface area contributed by atoms with E-state index in [2.05, 4.69) is 0 Å². The third-order valence-electron chi connectivity index (χ3n) is 2.92. The summed E-state index contributed by atoms with van der Waals surface area (Å²) in [6.07, 6.45) is -5.13. The van der Waals surface area contributed by atoms with E-state index < -0.39 is 18.2 Å². The number of halogens is 3. The van der Waals surface area contributed by atoms with E-state index in [-0.39, 0.29) is 11.7 Å². The third kappa shape index (κ3) is 4.74. The normalized spacial score (nSPS) is 16.8. The highest BCUT2D eigenvalue weighted by Crippen LogP contribution is 2.38. The summed E-state index contributed by atoms with van der Waals surface area (Å²) in [5.74, 6) is 0.297. The van der Waals surface area contributed by atoms with Crippen LogP contribution in [0.1, 0.15) is 39.2 Å². The summed E-state index contributed by atoms with van der Waals surface area (Å²) in [7, 11) is 0. The molecular weight excluding hydrogens is 257 g/mol. The Morgan fingerprint density at radius 2 is 1.84 bits per heavy atom. The molecule has 108 valence electrons. The van der Waals surface area contributed by atoms with E-state index in [0.29, 0.717) is 5.75 Å². The van der Waals surface area contributed by atoms with Crippen LogP contribution < -0.4 is 4.74 Å². The van der Waals surface area contributed by atoms with Gasteiger partial charge in [-0.15, -0.1) is 0 Å². The van der Waals surface area contributed by atoms with Gasteiger partial charge in [-0.1, -0.05) is 25.1 Å². The monoisotopic (exact) mass is 276 g/mol. The molecule has 0 amide bonds. The van der Waals surface area contributed by atoms with Gasteiger partial charge in [-0.05, 0) is 26.3 Å². The Balaban J connectivity index is 3.05. The SMILES string of the molecule is CCC(C)Oc1ccccc1C(C)(O)CC(F)(F)F. The molecule has 1 rings (SSSR count). The smallest absolute Gasteiger partial charge is 0.392 e. The fourth-order valence-corrected chi connectivity index (χ4v) is 1.80. The summed E-state index contributed by atoms with van der Waals surface area (Å²) in [6.45, 7) is 4.90. The molecule has 19 heavy (non-hydrogen) atoms. The second kappa shape index (κ2) is 5.82. The number of para-hydroxylation sites is 1. The van der Waals surface area contributed by atoms with Gasteiger partial charge in [-0.3, -0.25) is 0 Å². The van der Waals surface area contributed by atoms with Crippen LogP contribution in [0, 0.1) is 0 Å². The van der Waals surface area contributed by atoms with Crippen LogP contribution in [-0.4, -0.2) is 17.4 Å². The average Bonchev–Trinajstić information content (AvgIpc) is 2.26. The van der Waals surface area contributed by atoms with Crippen molar-refractivity contribution in [3.05, 3.63) is 29.8 Å². The number of ether oxygens (including phenoxy) is 1. The van der Waals surface area contributed by atoms with E-state index in [1.165, 1.54) is 6.07 Å². The third-order valence-corrected chi connectivity index (χ3v) is 2.92. The maximum Gasteiger partial charge on any atom is 0.392 e. The molecule has 0 aromatic heterocycles. The Kier molecular flexibility index (Phi) is 4.85. The molecule has 0 radical (unpaired) electrons. The zero-order valence-electron chi connectivity index (χ0n) is 11.3. The van der Waals surface area contributed by atoms with Crippen molar-refractivity contribution < 1.29 is 23.0 Å². The minimum Gasteiger partial charge on any atom is -0.490 e. The van der Waals surface area contributed by atoms with Crippen molar-refractivity contribution in [2.75, 3.05) is 0 Å². The van der Waals surface area contributed by atoms with Crippen LogP contribution in [0.15, 0.2) is 24.3 Å². The molecule has 5 heteroatoms. The molecule has 2 unspecified atom stereocenters. The summed E-state index contributed by atoms with van der Waals surface area (Å²) >= 11 is 0. The highest BCUT2D eigenvalue weighted by Gasteiger charge is 2.40. The molecule has 2 atom stereocenters. The van der Waals surface area contributed by atoms with Crippen LogP contribution in [0.2, 0.25) is 0 Å². The average molecular weight is 276 g/mol. The zero-order valence-corrected chi connectivity index (χ0v) is 11.3. The maximum absolute atomic E-state index is 12.5. The van der Waals surface area contributed by atoms with Crippen LogP contribution in [0.3, 0.4) is 0 Å². The predicted octanol–water partition coefficient (Wildman–Crippen LogP) is 4.02. The van der Waals surface area contributed by atoms with E-state index in [1.807, 2.05) is 13.8 Å². The molecule has 2 nitrogen and oxygen atoms in total. The lowest BCUT2D eigenvalue weighted by Gasteiger charge is -2.28. The minimum absolute atomic E-state index is 0.122. The Morgan fingerprint density at radius 3 is 2.37 bits per heavy atom. The number of aliphatic hydroxyl groups is 1. The fourth-order valence-electron chi connectivity index (χ4n) is 1.80. The van der Waals surface area contributed by atoms with Crippen LogP contribution in [-0.2, 0) is 5.60 Å². The van der Waals surface area contributed by atoms with Gasteiger partial charge in [-0.25, -0.2) is 0 Å². The summed E-state index contributed by atoms with van der Waals surface area (Å²) < 4.78 is 43.1. The van der Waals surface area contributed by atoms with Crippen LogP contribution in [0.5, 0.6) is 5.75 Å². The lowest BCUT2D eigenvalue weighted by molar-refractivity contribution is -0.174. The van der Waals surface area contributed by atoms with Gasteiger partial charge in [0.05, 0.1) is 18.1 Å². The van der Waals surface area contributed by atoms with Crippen molar-refractivity contribution >= 4 is 0 Å². The van der Waals surface area contributed by atoms with Crippen molar-refractivity contribution in [2.45, 2.75) is 51.5 Å². The highest BCUT2D eigenvalue weighted by molar-refractivity contribution is 5.37. The molecule has 0 fully saturated rings. The van der Waals surface area contributed by atoms with Crippen molar-refractivity contribution in [3.8, 4) is 5.75 Å². The van der Waals surface area contributed by atoms with Gasteiger partial charge in [0.2, 0.25) is 0 Å². The summed E-state index contributed by atoms with van der Waals surface area (Å²) in [6, 6.07) is 6.30. The molecule has 0 bridgehead atoms. The van der Waals surface area contributed by atoms with Crippen molar-refractivity contribution in [3.63, 3.8) is 0 Å². The molecule has 0 saturated heterocycles. The minimum atomic E-state index is -4.44. The van der Waals surface area contributed by atoms with Gasteiger partial charge in [0.25, 0.3) is 0 Å². The molecule has 0 spiro atoms. The van der Waals surface area contributed by atoms with E-state index in [4.69, 9.17) is 4.74 Å². The van der Waals surface area contributed by atoms with E-state index in [9.17, 15) is 18.3 Å². The number of hydrogen-bond acceptors (Lipinski definition) is 2. The zero-order chi connectivity index (χ0) is 14.7. The quantitative estimate of drug-likeness (QED) is 0.880. The lowest BCUT2D eigenvalue weighted by Crippen LogP contribution is -2.30. The second-order valence-corrected chi connectivity index (χ2v) is 4.90. The van der Waals surface area contributed by atoms with Crippen molar-refractivity contribution in [1.82, 2.24) is 0 Å². The maximum atomic E-state index is 12.5. The van der Waals surface area contributed by atoms with Gasteiger partial charge < -0.3 is 9.84 Å². The van der Waals surface area contributed by atoms with Gasteiger partial charge in [0.15, 0.2) is 0 Å². The molecule has 1 N–H and O–H groups in total. The molecule has 1 aromatic carbocycles. The van der Waals surface area contributed by atoms with E-state index >= 15 is 0 Å². The number of hydrogen-bond donors (Lipinski definition) is 1. The van der Waals surface area contributed by atoms with E-state index in [1.54, 1.807) is 18.2 Å². The molecule has 0 heterocycles. The molecule has 0 aliphatic heterocycles. The van der Waals surface area contributed by atoms with Gasteiger partial charge in [0.1, 0.15) is 5.75 Å². The van der Waals surface area contributed by atoms with Crippen molar-refractivity contribution in [2.24, 2.45) is 0 Å². The predicted molar refractivity (Wildman–Crippen MR) is 67.1 cm³/mol. The van der Waals surface area contributed by atoms with Crippen LogP contribution in [0.4, 0.5) is 13.2 Å². The number of rotatable bonds is 5. The van der Waals surface area contributed by atoms with Gasteiger partial charge in [-0.2, -0.15) is 13.2 Å². The van der Waals surface area contributed by atoms with Gasteiger partial charge >= 0.3 is 6.18 Å². The number of benzene rings is 1. The largest absolute Gasteiger partial charge is 0.490 e. The first kappa shape index (κ1) is 15.8. The lowest BCUT2D eigenvalue weighted by atomic mass is 9.91. The number of alkyl halides is 3. The first-order chi connectivity index (χ1) is 8.65. The van der Waals surface area contributed by atoms with Crippen molar-refractivity contribution in [1.29, 1.82) is 0 Å². The summed E-state index contributed by atoms with van der Waals surface area (Å²) in [4.78, 5) is 0. The Hall–Kier alpha value is -1.23. The Bertz CT molecular complexity index is 413. The topological polar surface area (TPSA) is 29.5 Å². The first-order valence-corrected chi connectivity index (χ1v) is 6.21. The fraction of sp³-hybridized carbons (Fsp3) is 0.571. The molecule has 0 aliphatic carbocycles. The molecule has 1 aromatic rings. The van der Waals surface area contributed by atoms with Crippen LogP contribution in [0.25, 0.3) is 0 Å². The summed E-state index contributed by atoms with van der Waals surface area (Å²) in [5, 5.41) is 10.1. The van der Waals surface area contributed by atoms with Gasteiger partial charge in [0, 0.05) is 5.56 Å². The van der Waals surface area contributed by atoms with Crippen LogP contribution >= 0.6 is 0 Å². The second-order valence-electron chi connectivity index (χ2n) is 4.90. The molecule has 0 saturated carbocycles. The first-order valence-electron chi connectivity index (χ1n) is 6.21. The van der Waals surface area contributed by atoms with E-state index in [0.717, 1.165) is 13.3 Å². The Labute approximate surface area is 111 Å². The summed E-state index contributed by atoms with van der Waals surface area (Å²) in [5.41, 5.74) is -1.84. The molecular formula is C14H19F3O2.